The van der Waals surface area contributed by atoms with E-state index in [1.807, 2.05) is 54.6 Å². The van der Waals surface area contributed by atoms with Crippen LogP contribution in [0.15, 0.2) is 125 Å². The van der Waals surface area contributed by atoms with Crippen molar-refractivity contribution >= 4 is 11.4 Å². The van der Waals surface area contributed by atoms with E-state index < -0.39 is 0 Å². The summed E-state index contributed by atoms with van der Waals surface area (Å²) in [5.41, 5.74) is 11.0. The first kappa shape index (κ1) is 93.1. The summed E-state index contributed by atoms with van der Waals surface area (Å²) < 4.78 is 85.1. The molecule has 10 bridgehead atoms. The molecule has 0 aromatic heterocycles. The molecular weight excluding hydrogens is 1460 g/mol. The number of quaternary nitrogens is 9. The van der Waals surface area contributed by atoms with Gasteiger partial charge in [-0.15, -0.1) is 0 Å². The first-order chi connectivity index (χ1) is 54.0. The highest BCUT2D eigenvalue weighted by Crippen LogP contribution is 2.44. The standard InChI is InChI=1S/C94H150N11O11/c1-97(2,3)37-46-107-85-64-74-58-76-66-90(112-51-42-102(16,17)18)78(68-89(76)111-50-41-101(13,14)15)60-80-71-94(116-56-55-106-84-35-33-83(34-36-84)96-95-82-31-29-28-30-32-82)81(70-93(80)115-54-45-105(25,26)27)61-79-69-91(113-52-43-103(19,20)21)77(67-92(79)114-53-44-104(22,23)24)59-75-65-87(109-48-39-99(7,8)9)73(63-88(75)110-49-40-100(10,11)12)57-72(85)62-86(74)108-47-38-98(4,5)6/h28-36,62-71H,37-61H2,1-27H3/q+9. The number of rotatable bonds is 43. The lowest BCUT2D eigenvalue weighted by atomic mass is 9.94. The third-order valence-corrected chi connectivity index (χ3v) is 19.8. The fourth-order valence-electron chi connectivity index (χ4n) is 12.4. The number of hydrogen-bond acceptors (Lipinski definition) is 13. The molecule has 0 atom stereocenters. The fraction of sp³-hybridized carbons (Fsp3) is 0.553. The second-order valence-electron chi connectivity index (χ2n) is 40.7. The molecule has 0 amide bonds. The molecule has 0 saturated carbocycles. The summed E-state index contributed by atoms with van der Waals surface area (Å²) in [6.45, 7) is 11.5. The van der Waals surface area contributed by atoms with Crippen molar-refractivity contribution in [1.29, 1.82) is 0 Å². The Morgan fingerprint density at radius 3 is 0.517 bits per heavy atom. The highest BCUT2D eigenvalue weighted by molar-refractivity contribution is 5.60. The quantitative estimate of drug-likeness (QED) is 0.0206. The van der Waals surface area contributed by atoms with Gasteiger partial charge in [0.2, 0.25) is 0 Å². The molecule has 17 rings (SSSR count). The Kier molecular flexibility index (Phi) is 32.4. The maximum atomic E-state index is 7.23. The van der Waals surface area contributed by atoms with E-state index in [0.29, 0.717) is 131 Å². The largest absolute Gasteiger partial charge is 0.490 e. The maximum Gasteiger partial charge on any atom is 0.137 e. The van der Waals surface area contributed by atoms with E-state index >= 15 is 0 Å². The molecular formula is C94H150N11O11+9. The Hall–Kier alpha value is -8.42. The van der Waals surface area contributed by atoms with E-state index in [1.54, 1.807) is 0 Å². The van der Waals surface area contributed by atoms with Crippen LogP contribution in [-0.4, -0.2) is 362 Å². The first-order valence-corrected chi connectivity index (χ1v) is 41.5. The van der Waals surface area contributed by atoms with Gasteiger partial charge in [0, 0.05) is 87.7 Å². The van der Waals surface area contributed by atoms with Crippen molar-refractivity contribution in [1.82, 2.24) is 0 Å². The van der Waals surface area contributed by atoms with Crippen molar-refractivity contribution in [3.8, 4) is 63.2 Å². The van der Waals surface area contributed by atoms with Gasteiger partial charge in [-0.1, -0.05) is 18.2 Å². The van der Waals surface area contributed by atoms with Crippen molar-refractivity contribution in [3.05, 3.63) is 171 Å². The average molecular weight is 1610 g/mol. The van der Waals surface area contributed by atoms with Gasteiger partial charge in [0.1, 0.15) is 195 Å². The normalized spacial score (nSPS) is 13.4. The van der Waals surface area contributed by atoms with Gasteiger partial charge in [0.15, 0.2) is 0 Å². The highest BCUT2D eigenvalue weighted by Gasteiger charge is 2.28. The Morgan fingerprint density at radius 1 is 0.190 bits per heavy atom. The van der Waals surface area contributed by atoms with E-state index in [9.17, 15) is 0 Å². The summed E-state index contributed by atoms with van der Waals surface area (Å²) in [6.07, 6.45) is 2.13. The van der Waals surface area contributed by atoms with Crippen LogP contribution >= 0.6 is 0 Å². The van der Waals surface area contributed by atoms with Crippen molar-refractivity contribution in [2.45, 2.75) is 32.1 Å². The topological polar surface area (TPSA) is 126 Å². The highest BCUT2D eigenvalue weighted by atomic mass is 16.5. The Labute approximate surface area is 698 Å². The summed E-state index contributed by atoms with van der Waals surface area (Å²) in [7, 11) is 59.5. The van der Waals surface area contributed by atoms with Gasteiger partial charge in [-0.2, -0.15) is 10.2 Å². The SMILES string of the molecule is C[N+](C)(C)CCOc1cc2c(OCC[N+](C)(C)C)cc1Cc1cc(OCC[N+](C)(C)C)c(cc1OCCOc1ccc(N=Nc3ccccc3)cc1)Cc1cc(OCC[N+](C)(C)C)c(cc1OCC[N+](C)(C)C)Cc1cc(OCC[N+](C)(C)C)c(cc1OCC[N+](C)(C)C)Cc1cc(OCC[N+](C)(C)C)c(cc1OCC[N+](C)(C)C)C2. The number of likely N-dealkylation sites (N-methyl/N-ethyl adjacent to an activating group) is 9. The second-order valence-corrected chi connectivity index (χ2v) is 40.7. The lowest BCUT2D eigenvalue weighted by molar-refractivity contribution is -0.870. The Morgan fingerprint density at radius 2 is 0.345 bits per heavy atom. The zero-order valence-electron chi connectivity index (χ0n) is 76.6. The van der Waals surface area contributed by atoms with Crippen LogP contribution < -0.4 is 52.1 Å². The number of hydrogen-bond donors (Lipinski definition) is 0. The molecule has 0 radical (unpaired) electrons. The summed E-state index contributed by atoms with van der Waals surface area (Å²) >= 11 is 0. The van der Waals surface area contributed by atoms with E-state index in [2.05, 4.69) is 261 Å². The molecule has 0 unspecified atom stereocenters. The van der Waals surface area contributed by atoms with Crippen molar-refractivity contribution < 1.29 is 92.5 Å². The van der Waals surface area contributed by atoms with Gasteiger partial charge in [-0.3, -0.25) is 0 Å². The van der Waals surface area contributed by atoms with Gasteiger partial charge in [-0.05, 0) is 97.1 Å². The predicted octanol–water partition coefficient (Wildman–Crippen LogP) is 12.6. The maximum absolute atomic E-state index is 7.23. The lowest BCUT2D eigenvalue weighted by Crippen LogP contribution is -2.38. The average Bonchev–Trinajstić information content (AvgIpc) is 0.866. The van der Waals surface area contributed by atoms with E-state index in [4.69, 9.17) is 52.1 Å². The van der Waals surface area contributed by atoms with Crippen LogP contribution in [0.4, 0.5) is 11.4 Å². The second kappa shape index (κ2) is 40.4. The zero-order valence-corrected chi connectivity index (χ0v) is 76.6. The minimum Gasteiger partial charge on any atom is -0.490 e. The Bertz CT molecular complexity index is 4220. The number of ether oxygens (including phenoxy) is 11. The molecule has 0 spiro atoms. The van der Waals surface area contributed by atoms with Crippen LogP contribution in [0.3, 0.4) is 0 Å². The Balaban J connectivity index is 1.48. The number of benzene rings is 7. The molecule has 0 fully saturated rings. The molecule has 638 valence electrons. The minimum atomic E-state index is 0.219. The summed E-state index contributed by atoms with van der Waals surface area (Å²) in [5.74, 6) is 8.17. The van der Waals surface area contributed by atoms with Gasteiger partial charge >= 0.3 is 0 Å². The molecule has 0 aliphatic heterocycles. The predicted molar refractivity (Wildman–Crippen MR) is 470 cm³/mol. The van der Waals surface area contributed by atoms with Gasteiger partial charge in [0.25, 0.3) is 0 Å². The van der Waals surface area contributed by atoms with Crippen LogP contribution in [0.5, 0.6) is 63.2 Å². The van der Waals surface area contributed by atoms with Crippen molar-refractivity contribution in [2.75, 3.05) is 322 Å². The molecule has 22 heteroatoms. The molecule has 116 heavy (non-hydrogen) atoms. The third-order valence-electron chi connectivity index (χ3n) is 19.8. The lowest BCUT2D eigenvalue weighted by Gasteiger charge is -2.27. The zero-order chi connectivity index (χ0) is 85.1. The van der Waals surface area contributed by atoms with E-state index in [0.717, 1.165) is 190 Å². The first-order valence-electron chi connectivity index (χ1n) is 41.5. The number of nitrogens with zero attached hydrogens (tertiary/aromatic N) is 11. The summed E-state index contributed by atoms with van der Waals surface area (Å²) in [5, 5.41) is 8.94. The molecule has 7 aromatic rings. The van der Waals surface area contributed by atoms with Gasteiger partial charge in [-0.25, -0.2) is 0 Å². The molecule has 22 nitrogen and oxygen atoms in total. The smallest absolute Gasteiger partial charge is 0.137 e. The van der Waals surface area contributed by atoms with E-state index in [1.165, 1.54) is 0 Å². The van der Waals surface area contributed by atoms with Crippen LogP contribution in [-0.2, 0) is 32.1 Å². The molecule has 10 aliphatic rings. The molecule has 0 N–H and O–H groups in total. The van der Waals surface area contributed by atoms with Crippen LogP contribution in [0.25, 0.3) is 0 Å². The molecule has 10 aliphatic carbocycles. The van der Waals surface area contributed by atoms with Crippen molar-refractivity contribution in [3.63, 3.8) is 0 Å². The van der Waals surface area contributed by atoms with Crippen LogP contribution in [0.1, 0.15) is 55.6 Å². The van der Waals surface area contributed by atoms with Crippen LogP contribution in [0, 0.1) is 0 Å². The number of azo groups is 1. The molecule has 0 saturated heterocycles. The minimum absolute atomic E-state index is 0.219. The van der Waals surface area contributed by atoms with Gasteiger partial charge in [0.05, 0.1) is 202 Å². The fourth-order valence-corrected chi connectivity index (χ4v) is 12.4. The van der Waals surface area contributed by atoms with Crippen molar-refractivity contribution in [2.24, 2.45) is 10.2 Å². The third kappa shape index (κ3) is 33.9. The monoisotopic (exact) mass is 1610 g/mol. The summed E-state index contributed by atoms with van der Waals surface area (Å²) in [4.78, 5) is 0. The van der Waals surface area contributed by atoms with Gasteiger partial charge < -0.3 is 92.5 Å². The molecule has 7 aromatic carbocycles. The molecule has 0 heterocycles. The van der Waals surface area contributed by atoms with E-state index in [-0.39, 0.29) is 13.2 Å². The summed E-state index contributed by atoms with van der Waals surface area (Å²) in [6, 6.07) is 39.6. The van der Waals surface area contributed by atoms with Crippen LogP contribution in [0.2, 0.25) is 0 Å².